The molecule has 8 heteroatoms. The minimum Gasteiger partial charge on any atom is -0.317 e. The van der Waals surface area contributed by atoms with Crippen LogP contribution in [0.4, 0.5) is 0 Å². The lowest BCUT2D eigenvalue weighted by Gasteiger charge is -2.23. The second-order valence-electron chi connectivity index (χ2n) is 4.22. The number of sulfonamides is 1. The number of hydrogen-bond acceptors (Lipinski definition) is 3. The zero-order valence-corrected chi connectivity index (χ0v) is 13.2. The van der Waals surface area contributed by atoms with Gasteiger partial charge < -0.3 is 5.32 Å². The minimum absolute atomic E-state index is 0. The van der Waals surface area contributed by atoms with Crippen LogP contribution in [0.15, 0.2) is 23.1 Å². The molecule has 0 radical (unpaired) electrons. The van der Waals surface area contributed by atoms with E-state index >= 15 is 0 Å². The summed E-state index contributed by atoms with van der Waals surface area (Å²) in [6.45, 7) is 1.64. The largest absolute Gasteiger partial charge is 0.317 e. The van der Waals surface area contributed by atoms with Gasteiger partial charge in [0, 0.05) is 11.1 Å². The molecule has 0 bridgehead atoms. The normalized spacial score (nSPS) is 16.9. The quantitative estimate of drug-likeness (QED) is 0.884. The first-order chi connectivity index (χ1) is 8.49. The van der Waals surface area contributed by atoms with Gasteiger partial charge in [-0.3, -0.25) is 0 Å². The zero-order chi connectivity index (χ0) is 13.2. The van der Waals surface area contributed by atoms with Crippen LogP contribution in [-0.2, 0) is 10.0 Å². The van der Waals surface area contributed by atoms with E-state index in [-0.39, 0.29) is 28.4 Å². The molecule has 1 saturated heterocycles. The third-order valence-electron chi connectivity index (χ3n) is 2.84. The van der Waals surface area contributed by atoms with Crippen LogP contribution in [0, 0.1) is 0 Å². The second-order valence-corrected chi connectivity index (χ2v) is 6.75. The van der Waals surface area contributed by atoms with E-state index in [2.05, 4.69) is 10.0 Å². The summed E-state index contributed by atoms with van der Waals surface area (Å²) in [5.41, 5.74) is 0. The molecule has 2 rings (SSSR count). The van der Waals surface area contributed by atoms with Crippen molar-refractivity contribution in [1.29, 1.82) is 0 Å². The summed E-state index contributed by atoms with van der Waals surface area (Å²) in [6.07, 6.45) is 1.56. The molecule has 1 aliphatic heterocycles. The van der Waals surface area contributed by atoms with Crippen molar-refractivity contribution in [2.75, 3.05) is 13.1 Å². The highest BCUT2D eigenvalue weighted by Gasteiger charge is 2.23. The summed E-state index contributed by atoms with van der Waals surface area (Å²) in [5.74, 6) is 0. The Morgan fingerprint density at radius 1 is 1.21 bits per heavy atom. The fourth-order valence-corrected chi connectivity index (χ4v) is 3.99. The van der Waals surface area contributed by atoms with Crippen molar-refractivity contribution in [2.45, 2.75) is 23.8 Å². The van der Waals surface area contributed by atoms with Gasteiger partial charge in [-0.15, -0.1) is 12.4 Å². The average molecular weight is 346 g/mol. The summed E-state index contributed by atoms with van der Waals surface area (Å²) in [7, 11) is -3.58. The average Bonchev–Trinajstić information content (AvgIpc) is 2.29. The predicted molar refractivity (Wildman–Crippen MR) is 79.9 cm³/mol. The summed E-state index contributed by atoms with van der Waals surface area (Å²) >= 11 is 11.7. The van der Waals surface area contributed by atoms with Crippen molar-refractivity contribution in [1.82, 2.24) is 10.0 Å². The number of hydrogen-bond donors (Lipinski definition) is 2. The van der Waals surface area contributed by atoms with Crippen LogP contribution in [0.2, 0.25) is 10.0 Å². The molecule has 108 valence electrons. The Hall–Kier alpha value is -0.0400. The van der Waals surface area contributed by atoms with Crippen molar-refractivity contribution < 1.29 is 8.42 Å². The SMILES string of the molecule is Cl.O=S(=O)(NC1CCNCC1)c1ccc(Cl)cc1Cl. The minimum atomic E-state index is -3.58. The summed E-state index contributed by atoms with van der Waals surface area (Å²) in [4.78, 5) is 0.0760. The monoisotopic (exact) mass is 344 g/mol. The lowest BCUT2D eigenvalue weighted by atomic mass is 10.1. The Balaban J connectivity index is 0.00000180. The first-order valence-electron chi connectivity index (χ1n) is 5.67. The van der Waals surface area contributed by atoms with Gasteiger partial charge in [-0.05, 0) is 44.1 Å². The zero-order valence-electron chi connectivity index (χ0n) is 10.0. The van der Waals surface area contributed by atoms with Crippen LogP contribution in [-0.4, -0.2) is 27.5 Å². The molecule has 0 spiro atoms. The molecule has 0 amide bonds. The molecule has 2 N–H and O–H groups in total. The maximum atomic E-state index is 12.2. The fourth-order valence-electron chi connectivity index (χ4n) is 1.92. The third-order valence-corrected chi connectivity index (χ3v) is 5.08. The van der Waals surface area contributed by atoms with Crippen molar-refractivity contribution in [2.24, 2.45) is 0 Å². The molecule has 0 unspecified atom stereocenters. The molecule has 0 atom stereocenters. The van der Waals surface area contributed by atoms with Crippen LogP contribution < -0.4 is 10.0 Å². The number of halogens is 3. The fraction of sp³-hybridized carbons (Fsp3) is 0.455. The number of benzene rings is 1. The van der Waals surface area contributed by atoms with Gasteiger partial charge in [0.1, 0.15) is 4.90 Å². The molecule has 0 aromatic heterocycles. The van der Waals surface area contributed by atoms with E-state index in [1.165, 1.54) is 18.2 Å². The van der Waals surface area contributed by atoms with E-state index in [0.717, 1.165) is 25.9 Å². The molecule has 0 aliphatic carbocycles. The predicted octanol–water partition coefficient (Wildman–Crippen LogP) is 2.45. The first kappa shape index (κ1) is 17.0. The van der Waals surface area contributed by atoms with Gasteiger partial charge in [0.2, 0.25) is 10.0 Å². The Morgan fingerprint density at radius 2 is 1.84 bits per heavy atom. The molecular weight excluding hydrogens is 331 g/mol. The molecule has 1 aliphatic rings. The Bertz CT molecular complexity index is 531. The van der Waals surface area contributed by atoms with Crippen LogP contribution in [0.25, 0.3) is 0 Å². The Labute approximate surface area is 129 Å². The van der Waals surface area contributed by atoms with Gasteiger partial charge >= 0.3 is 0 Å². The highest BCUT2D eigenvalue weighted by Crippen LogP contribution is 2.25. The molecule has 0 saturated carbocycles. The summed E-state index contributed by atoms with van der Waals surface area (Å²) in [5, 5.41) is 3.74. The highest BCUT2D eigenvalue weighted by molar-refractivity contribution is 7.89. The van der Waals surface area contributed by atoms with Crippen molar-refractivity contribution in [3.8, 4) is 0 Å². The van der Waals surface area contributed by atoms with Crippen LogP contribution in [0.3, 0.4) is 0 Å². The van der Waals surface area contributed by atoms with Gasteiger partial charge in [-0.2, -0.15) is 0 Å². The maximum Gasteiger partial charge on any atom is 0.242 e. The molecule has 1 aromatic carbocycles. The molecule has 1 heterocycles. The van der Waals surface area contributed by atoms with Gasteiger partial charge in [-0.25, -0.2) is 13.1 Å². The van der Waals surface area contributed by atoms with E-state index in [1.54, 1.807) is 0 Å². The van der Waals surface area contributed by atoms with Crippen molar-refractivity contribution in [3.05, 3.63) is 28.2 Å². The van der Waals surface area contributed by atoms with Crippen molar-refractivity contribution >= 4 is 45.6 Å². The van der Waals surface area contributed by atoms with Gasteiger partial charge in [0.05, 0.1) is 5.02 Å². The Kier molecular flexibility index (Phi) is 6.36. The van der Waals surface area contributed by atoms with Crippen LogP contribution in [0.5, 0.6) is 0 Å². The topological polar surface area (TPSA) is 58.2 Å². The molecule has 1 fully saturated rings. The van der Waals surface area contributed by atoms with Gasteiger partial charge in [-0.1, -0.05) is 23.2 Å². The van der Waals surface area contributed by atoms with E-state index in [9.17, 15) is 8.42 Å². The van der Waals surface area contributed by atoms with Crippen molar-refractivity contribution in [3.63, 3.8) is 0 Å². The van der Waals surface area contributed by atoms with Gasteiger partial charge in [0.25, 0.3) is 0 Å². The standard InChI is InChI=1S/C11H14Cl2N2O2S.ClH/c12-8-1-2-11(10(13)7-8)18(16,17)15-9-3-5-14-6-4-9;/h1-2,7,9,14-15H,3-6H2;1H. The maximum absolute atomic E-state index is 12.2. The Morgan fingerprint density at radius 3 is 2.42 bits per heavy atom. The van der Waals surface area contributed by atoms with E-state index < -0.39 is 10.0 Å². The highest BCUT2D eigenvalue weighted by atomic mass is 35.5. The van der Waals surface area contributed by atoms with Crippen LogP contribution in [0.1, 0.15) is 12.8 Å². The third kappa shape index (κ3) is 4.48. The number of piperidine rings is 1. The molecule has 1 aromatic rings. The second kappa shape index (κ2) is 7.11. The van der Waals surface area contributed by atoms with Crippen LogP contribution >= 0.6 is 35.6 Å². The summed E-state index contributed by atoms with van der Waals surface area (Å²) < 4.78 is 27.0. The van der Waals surface area contributed by atoms with E-state index in [0.29, 0.717) is 5.02 Å². The lowest BCUT2D eigenvalue weighted by molar-refractivity contribution is 0.427. The smallest absolute Gasteiger partial charge is 0.242 e. The first-order valence-corrected chi connectivity index (χ1v) is 7.91. The number of rotatable bonds is 3. The molecule has 4 nitrogen and oxygen atoms in total. The summed E-state index contributed by atoms with van der Waals surface area (Å²) in [6, 6.07) is 4.33. The van der Waals surface area contributed by atoms with E-state index in [4.69, 9.17) is 23.2 Å². The van der Waals surface area contributed by atoms with Gasteiger partial charge in [0.15, 0.2) is 0 Å². The van der Waals surface area contributed by atoms with E-state index in [1.807, 2.05) is 0 Å². The molecule has 19 heavy (non-hydrogen) atoms. The molecular formula is C11H15Cl3N2O2S. The number of nitrogens with one attached hydrogen (secondary N) is 2. The lowest BCUT2D eigenvalue weighted by Crippen LogP contribution is -2.42.